The number of carbonyl (C=O) groups is 1. The lowest BCUT2D eigenvalue weighted by Crippen LogP contribution is -2.20. The van der Waals surface area contributed by atoms with E-state index in [1.807, 2.05) is 30.5 Å². The summed E-state index contributed by atoms with van der Waals surface area (Å²) in [5.74, 6) is 0.686. The molecule has 0 aliphatic heterocycles. The Kier molecular flexibility index (Phi) is 4.72. The van der Waals surface area contributed by atoms with Gasteiger partial charge in [-0.05, 0) is 42.1 Å². The van der Waals surface area contributed by atoms with Crippen molar-refractivity contribution >= 4 is 33.5 Å². The first-order chi connectivity index (χ1) is 14.0. The average Bonchev–Trinajstić information content (AvgIpc) is 3.18. The van der Waals surface area contributed by atoms with Crippen LogP contribution < -0.4 is 20.4 Å². The van der Waals surface area contributed by atoms with Crippen LogP contribution in [0.3, 0.4) is 0 Å². The minimum absolute atomic E-state index is 0.0960. The zero-order valence-electron chi connectivity index (χ0n) is 16.3. The van der Waals surface area contributed by atoms with Gasteiger partial charge in [-0.1, -0.05) is 6.07 Å². The number of nitrogens with one attached hydrogen (secondary N) is 2. The third-order valence-electron chi connectivity index (χ3n) is 4.97. The molecular formula is C22H20N2O5. The summed E-state index contributed by atoms with van der Waals surface area (Å²) in [5.41, 5.74) is 2.39. The van der Waals surface area contributed by atoms with Crippen LogP contribution in [0.25, 0.3) is 21.9 Å². The van der Waals surface area contributed by atoms with Crippen molar-refractivity contribution in [3.63, 3.8) is 0 Å². The number of rotatable bonds is 5. The van der Waals surface area contributed by atoms with Gasteiger partial charge in [0, 0.05) is 28.9 Å². The van der Waals surface area contributed by atoms with Gasteiger partial charge in [0.25, 0.3) is 0 Å². The molecule has 0 aliphatic rings. The van der Waals surface area contributed by atoms with Crippen molar-refractivity contribution in [2.24, 2.45) is 0 Å². The molecule has 0 unspecified atom stereocenters. The number of aromatic nitrogens is 1. The predicted molar refractivity (Wildman–Crippen MR) is 111 cm³/mol. The topological polar surface area (TPSA) is 93.6 Å². The van der Waals surface area contributed by atoms with Crippen LogP contribution in [-0.4, -0.2) is 25.1 Å². The quantitative estimate of drug-likeness (QED) is 0.504. The van der Waals surface area contributed by atoms with Crippen LogP contribution >= 0.6 is 0 Å². The fraction of sp³-hybridized carbons (Fsp3) is 0.182. The van der Waals surface area contributed by atoms with E-state index in [4.69, 9.17) is 13.9 Å². The molecule has 2 N–H and O–H groups in total. The summed E-state index contributed by atoms with van der Waals surface area (Å²) in [7, 11) is 3.05. The fourth-order valence-corrected chi connectivity index (χ4v) is 3.41. The third kappa shape index (κ3) is 3.42. The Morgan fingerprint density at radius 2 is 1.86 bits per heavy atom. The maximum absolute atomic E-state index is 12.6. The summed E-state index contributed by atoms with van der Waals surface area (Å²) >= 11 is 0. The van der Waals surface area contributed by atoms with Crippen LogP contribution in [0.1, 0.15) is 11.1 Å². The molecule has 4 rings (SSSR count). The van der Waals surface area contributed by atoms with E-state index in [-0.39, 0.29) is 12.3 Å². The fourth-order valence-electron chi connectivity index (χ4n) is 3.41. The second-order valence-electron chi connectivity index (χ2n) is 6.70. The highest BCUT2D eigenvalue weighted by Gasteiger charge is 2.17. The lowest BCUT2D eigenvalue weighted by molar-refractivity contribution is -0.115. The molecule has 2 aromatic heterocycles. The van der Waals surface area contributed by atoms with Gasteiger partial charge < -0.3 is 24.2 Å². The maximum Gasteiger partial charge on any atom is 0.340 e. The van der Waals surface area contributed by atoms with Crippen molar-refractivity contribution < 1.29 is 18.7 Å². The zero-order chi connectivity index (χ0) is 20.5. The highest BCUT2D eigenvalue weighted by molar-refractivity contribution is 5.95. The second kappa shape index (κ2) is 7.35. The molecule has 0 bridgehead atoms. The molecule has 2 aromatic carbocycles. The van der Waals surface area contributed by atoms with Gasteiger partial charge in [-0.3, -0.25) is 4.79 Å². The van der Waals surface area contributed by atoms with Crippen LogP contribution in [0.5, 0.6) is 11.5 Å². The Bertz CT molecular complexity index is 1290. The SMILES string of the molecule is COc1cc2oc(=O)c(CC(=O)Nc3ccc4cc[nH]c4c3)c(C)c2cc1OC. The molecule has 0 saturated heterocycles. The molecule has 29 heavy (non-hydrogen) atoms. The monoisotopic (exact) mass is 392 g/mol. The Balaban J connectivity index is 1.65. The lowest BCUT2D eigenvalue weighted by atomic mass is 10.0. The van der Waals surface area contributed by atoms with Crippen molar-refractivity contribution in [1.29, 1.82) is 0 Å². The first-order valence-electron chi connectivity index (χ1n) is 9.05. The number of methoxy groups -OCH3 is 2. The molecule has 4 aromatic rings. The number of ether oxygens (including phenoxy) is 2. The van der Waals surface area contributed by atoms with Gasteiger partial charge in [-0.15, -0.1) is 0 Å². The number of aryl methyl sites for hydroxylation is 1. The third-order valence-corrected chi connectivity index (χ3v) is 4.97. The molecule has 7 nitrogen and oxygen atoms in total. The highest BCUT2D eigenvalue weighted by Crippen LogP contribution is 2.33. The largest absolute Gasteiger partial charge is 0.493 e. The first-order valence-corrected chi connectivity index (χ1v) is 9.05. The molecule has 0 radical (unpaired) electrons. The first kappa shape index (κ1) is 18.6. The molecule has 0 aliphatic carbocycles. The highest BCUT2D eigenvalue weighted by atomic mass is 16.5. The van der Waals surface area contributed by atoms with E-state index in [1.165, 1.54) is 14.2 Å². The van der Waals surface area contributed by atoms with Crippen LogP contribution in [0.4, 0.5) is 5.69 Å². The van der Waals surface area contributed by atoms with Gasteiger partial charge in [-0.2, -0.15) is 0 Å². The number of aromatic amines is 1. The van der Waals surface area contributed by atoms with E-state index < -0.39 is 5.63 Å². The Morgan fingerprint density at radius 1 is 1.10 bits per heavy atom. The van der Waals surface area contributed by atoms with E-state index in [0.717, 1.165) is 10.9 Å². The normalized spacial score (nSPS) is 11.0. The number of hydrogen-bond donors (Lipinski definition) is 2. The number of anilines is 1. The zero-order valence-corrected chi connectivity index (χ0v) is 16.3. The summed E-state index contributed by atoms with van der Waals surface area (Å²) in [6.45, 7) is 1.79. The van der Waals surface area contributed by atoms with Gasteiger partial charge >= 0.3 is 5.63 Å². The van der Waals surface area contributed by atoms with Crippen molar-refractivity contribution in [2.45, 2.75) is 13.3 Å². The van der Waals surface area contributed by atoms with Crippen LogP contribution in [0, 0.1) is 6.92 Å². The summed E-state index contributed by atoms with van der Waals surface area (Å²) in [6.07, 6.45) is 1.74. The standard InChI is InChI=1S/C22H20N2O5/c1-12-15-9-19(27-2)20(28-3)11-18(15)29-22(26)16(12)10-21(25)24-14-5-4-13-6-7-23-17(13)8-14/h4-9,11,23H,10H2,1-3H3,(H,24,25). The summed E-state index contributed by atoms with van der Waals surface area (Å²) < 4.78 is 16.0. The van der Waals surface area contributed by atoms with Gasteiger partial charge in [-0.25, -0.2) is 4.79 Å². The molecular weight excluding hydrogens is 372 g/mol. The van der Waals surface area contributed by atoms with E-state index in [0.29, 0.717) is 39.3 Å². The van der Waals surface area contributed by atoms with E-state index in [9.17, 15) is 9.59 Å². The Morgan fingerprint density at radius 3 is 2.62 bits per heavy atom. The van der Waals surface area contributed by atoms with E-state index >= 15 is 0 Å². The van der Waals surface area contributed by atoms with Crippen molar-refractivity contribution in [2.75, 3.05) is 19.5 Å². The minimum Gasteiger partial charge on any atom is -0.493 e. The van der Waals surface area contributed by atoms with Gasteiger partial charge in [0.15, 0.2) is 11.5 Å². The number of benzene rings is 2. The van der Waals surface area contributed by atoms with Crippen LogP contribution in [0.15, 0.2) is 51.8 Å². The predicted octanol–water partition coefficient (Wildman–Crippen LogP) is 3.78. The second-order valence-corrected chi connectivity index (χ2v) is 6.70. The molecule has 0 fully saturated rings. The Hall–Kier alpha value is -3.74. The summed E-state index contributed by atoms with van der Waals surface area (Å²) in [6, 6.07) is 10.9. The lowest BCUT2D eigenvalue weighted by Gasteiger charge is -2.12. The maximum atomic E-state index is 12.6. The average molecular weight is 392 g/mol. The molecule has 1 amide bonds. The molecule has 0 atom stereocenters. The van der Waals surface area contributed by atoms with Crippen molar-refractivity contribution in [3.05, 3.63) is 64.1 Å². The Labute approximate surface area is 166 Å². The number of amides is 1. The summed E-state index contributed by atoms with van der Waals surface area (Å²) in [5, 5.41) is 4.58. The smallest absolute Gasteiger partial charge is 0.340 e. The molecule has 0 spiro atoms. The molecule has 0 saturated carbocycles. The van der Waals surface area contributed by atoms with Crippen molar-refractivity contribution in [3.8, 4) is 11.5 Å². The van der Waals surface area contributed by atoms with Crippen LogP contribution in [0.2, 0.25) is 0 Å². The van der Waals surface area contributed by atoms with E-state index in [1.54, 1.807) is 19.1 Å². The molecule has 7 heteroatoms. The molecule has 148 valence electrons. The number of carbonyl (C=O) groups excluding carboxylic acids is 1. The van der Waals surface area contributed by atoms with Crippen molar-refractivity contribution in [1.82, 2.24) is 4.98 Å². The van der Waals surface area contributed by atoms with Crippen LogP contribution in [-0.2, 0) is 11.2 Å². The molecule has 2 heterocycles. The number of hydrogen-bond acceptors (Lipinski definition) is 5. The van der Waals surface area contributed by atoms with Gasteiger partial charge in [0.05, 0.1) is 26.2 Å². The van der Waals surface area contributed by atoms with E-state index in [2.05, 4.69) is 10.3 Å². The number of fused-ring (bicyclic) bond motifs is 2. The minimum atomic E-state index is -0.544. The van der Waals surface area contributed by atoms with Gasteiger partial charge in [0.1, 0.15) is 5.58 Å². The summed E-state index contributed by atoms with van der Waals surface area (Å²) in [4.78, 5) is 28.2. The van der Waals surface area contributed by atoms with Gasteiger partial charge in [0.2, 0.25) is 5.91 Å². The number of H-pyrrole nitrogens is 1.